The maximum absolute atomic E-state index is 13.1. The molecular formula is C29H31ClN2O5. The third kappa shape index (κ3) is 5.57. The quantitative estimate of drug-likeness (QED) is 0.411. The molecule has 0 radical (unpaired) electrons. The maximum Gasteiger partial charge on any atom is 0.411 e. The number of hydrogen-bond donors (Lipinski definition) is 1. The number of fused-ring (bicyclic) bond motifs is 3. The minimum Gasteiger partial charge on any atom is -0.493 e. The molecule has 2 unspecified atom stereocenters. The largest absolute Gasteiger partial charge is 0.493 e. The molecule has 7 nitrogen and oxygen atoms in total. The van der Waals surface area contributed by atoms with Crippen LogP contribution in [0.5, 0.6) is 5.75 Å². The van der Waals surface area contributed by atoms with Crippen LogP contribution in [0, 0.1) is 11.8 Å². The topological polar surface area (TPSA) is 73.0 Å². The van der Waals surface area contributed by atoms with E-state index in [0.717, 1.165) is 34.3 Å². The molecule has 0 saturated carbocycles. The Labute approximate surface area is 222 Å². The molecule has 1 saturated heterocycles. The highest BCUT2D eigenvalue weighted by Gasteiger charge is 2.36. The molecule has 1 N–H and O–H groups in total. The number of rotatable bonds is 6. The first-order chi connectivity index (χ1) is 17.8. The summed E-state index contributed by atoms with van der Waals surface area (Å²) in [6.07, 6.45) is 1.08. The highest BCUT2D eigenvalue weighted by Crippen LogP contribution is 2.39. The molecule has 1 aromatic heterocycles. The zero-order chi connectivity index (χ0) is 26.0. The van der Waals surface area contributed by atoms with Gasteiger partial charge in [-0.1, -0.05) is 29.7 Å². The number of carbonyl (C=O) groups is 1. The lowest BCUT2D eigenvalue weighted by Crippen LogP contribution is -2.41. The number of H-pyrrole nitrogens is 1. The Morgan fingerprint density at radius 1 is 1.24 bits per heavy atom. The standard InChI is InChI=1S/C29H31ClN2O5/c1-4-5-15-35-28(33)32-14-12-23-24-17-20(30)8-11-25(24)31-26(23)27(32)19-6-9-21(10-7-19)34-16-13-22-18-36-29(2,3)37-22/h6-11,17,22,27,31H,12-16,18H2,1-3H3. The van der Waals surface area contributed by atoms with Gasteiger partial charge in [0.2, 0.25) is 0 Å². The molecule has 3 aromatic rings. The number of nitrogens with zero attached hydrogens (tertiary/aromatic N) is 1. The van der Waals surface area contributed by atoms with Crippen LogP contribution in [0.2, 0.25) is 5.02 Å². The maximum atomic E-state index is 13.1. The summed E-state index contributed by atoms with van der Waals surface area (Å²) in [6, 6.07) is 13.4. The second-order valence-electron chi connectivity index (χ2n) is 9.69. The van der Waals surface area contributed by atoms with E-state index in [1.165, 1.54) is 5.56 Å². The SMILES string of the molecule is CC#CCOC(=O)N1CCc2c([nH]c3ccc(Cl)cc23)C1c1ccc(OCCC2COC(C)(C)O2)cc1. The lowest BCUT2D eigenvalue weighted by Gasteiger charge is -2.35. The molecule has 3 heterocycles. The summed E-state index contributed by atoms with van der Waals surface area (Å²) in [4.78, 5) is 18.4. The fourth-order valence-corrected chi connectivity index (χ4v) is 5.19. The van der Waals surface area contributed by atoms with Crippen molar-refractivity contribution in [2.75, 3.05) is 26.4 Å². The van der Waals surface area contributed by atoms with Crippen LogP contribution < -0.4 is 4.74 Å². The minimum absolute atomic E-state index is 0.0300. The van der Waals surface area contributed by atoms with Gasteiger partial charge >= 0.3 is 6.09 Å². The summed E-state index contributed by atoms with van der Waals surface area (Å²) >= 11 is 6.30. The van der Waals surface area contributed by atoms with Gasteiger partial charge in [-0.15, -0.1) is 5.92 Å². The molecule has 37 heavy (non-hydrogen) atoms. The molecule has 1 amide bonds. The van der Waals surface area contributed by atoms with Crippen molar-refractivity contribution in [3.05, 3.63) is 64.3 Å². The fraction of sp³-hybridized carbons (Fsp3) is 0.414. The summed E-state index contributed by atoms with van der Waals surface area (Å²) < 4.78 is 22.9. The van der Waals surface area contributed by atoms with Crippen LogP contribution in [0.4, 0.5) is 4.79 Å². The summed E-state index contributed by atoms with van der Waals surface area (Å²) in [6.45, 7) is 7.24. The van der Waals surface area contributed by atoms with Crippen LogP contribution in [0.3, 0.4) is 0 Å². The van der Waals surface area contributed by atoms with Gasteiger partial charge in [0, 0.05) is 34.6 Å². The van der Waals surface area contributed by atoms with E-state index in [-0.39, 0.29) is 18.8 Å². The summed E-state index contributed by atoms with van der Waals surface area (Å²) in [5.74, 6) is 5.78. The van der Waals surface area contributed by atoms with E-state index in [4.69, 9.17) is 30.5 Å². The van der Waals surface area contributed by atoms with Crippen molar-refractivity contribution in [2.24, 2.45) is 0 Å². The number of aromatic nitrogens is 1. The normalized spacial score (nSPS) is 20.3. The van der Waals surface area contributed by atoms with Gasteiger partial charge in [-0.25, -0.2) is 4.79 Å². The van der Waals surface area contributed by atoms with Crippen molar-refractivity contribution in [3.8, 4) is 17.6 Å². The number of carbonyl (C=O) groups excluding carboxylic acids is 1. The predicted octanol–water partition coefficient (Wildman–Crippen LogP) is 5.85. The predicted molar refractivity (Wildman–Crippen MR) is 142 cm³/mol. The Balaban J connectivity index is 1.37. The second kappa shape index (κ2) is 10.7. The van der Waals surface area contributed by atoms with Crippen LogP contribution >= 0.6 is 11.6 Å². The average Bonchev–Trinajstić information content (AvgIpc) is 3.42. The van der Waals surface area contributed by atoms with Crippen molar-refractivity contribution < 1.29 is 23.7 Å². The van der Waals surface area contributed by atoms with Gasteiger partial charge in [-0.2, -0.15) is 0 Å². The Morgan fingerprint density at radius 2 is 2.05 bits per heavy atom. The number of halogens is 1. The molecule has 5 rings (SSSR count). The zero-order valence-electron chi connectivity index (χ0n) is 21.3. The molecule has 0 spiro atoms. The van der Waals surface area contributed by atoms with Crippen molar-refractivity contribution in [1.29, 1.82) is 0 Å². The number of nitrogens with one attached hydrogen (secondary N) is 1. The molecule has 8 heteroatoms. The Bertz CT molecular complexity index is 1340. The third-order valence-electron chi connectivity index (χ3n) is 6.74. The van der Waals surface area contributed by atoms with Crippen LogP contribution in [0.25, 0.3) is 10.9 Å². The van der Waals surface area contributed by atoms with E-state index in [1.807, 2.05) is 56.3 Å². The number of hydrogen-bond acceptors (Lipinski definition) is 5. The van der Waals surface area contributed by atoms with Crippen molar-refractivity contribution in [3.63, 3.8) is 0 Å². The van der Waals surface area contributed by atoms with Gasteiger partial charge in [0.25, 0.3) is 0 Å². The Kier molecular flexibility index (Phi) is 7.34. The van der Waals surface area contributed by atoms with Gasteiger partial charge in [0.1, 0.15) is 11.8 Å². The van der Waals surface area contributed by atoms with E-state index < -0.39 is 11.9 Å². The lowest BCUT2D eigenvalue weighted by molar-refractivity contribution is -0.139. The number of ether oxygens (including phenoxy) is 4. The highest BCUT2D eigenvalue weighted by molar-refractivity contribution is 6.31. The molecule has 2 aliphatic heterocycles. The first kappa shape index (κ1) is 25.5. The van der Waals surface area contributed by atoms with E-state index in [0.29, 0.717) is 31.2 Å². The van der Waals surface area contributed by atoms with Crippen LogP contribution in [-0.2, 0) is 20.6 Å². The zero-order valence-corrected chi connectivity index (χ0v) is 22.1. The first-order valence-corrected chi connectivity index (χ1v) is 12.9. The first-order valence-electron chi connectivity index (χ1n) is 12.5. The van der Waals surface area contributed by atoms with E-state index in [1.54, 1.807) is 11.8 Å². The van der Waals surface area contributed by atoms with Crippen LogP contribution in [0.15, 0.2) is 42.5 Å². The molecule has 2 aliphatic rings. The van der Waals surface area contributed by atoms with Gasteiger partial charge < -0.3 is 23.9 Å². The van der Waals surface area contributed by atoms with Gasteiger partial charge in [0.05, 0.1) is 19.3 Å². The number of benzene rings is 2. The second-order valence-corrected chi connectivity index (χ2v) is 10.1. The Morgan fingerprint density at radius 3 is 2.78 bits per heavy atom. The third-order valence-corrected chi connectivity index (χ3v) is 6.97. The minimum atomic E-state index is -0.532. The van der Waals surface area contributed by atoms with Crippen molar-refractivity contribution in [1.82, 2.24) is 9.88 Å². The molecule has 2 atom stereocenters. The van der Waals surface area contributed by atoms with Crippen molar-refractivity contribution >= 4 is 28.6 Å². The molecule has 2 aromatic carbocycles. The van der Waals surface area contributed by atoms with Gasteiger partial charge in [-0.3, -0.25) is 4.90 Å². The lowest BCUT2D eigenvalue weighted by atomic mass is 9.92. The molecular weight excluding hydrogens is 492 g/mol. The van der Waals surface area contributed by atoms with E-state index in [9.17, 15) is 4.79 Å². The summed E-state index contributed by atoms with van der Waals surface area (Å²) in [5.41, 5.74) is 4.09. The molecule has 0 aliphatic carbocycles. The van der Waals surface area contributed by atoms with Crippen LogP contribution in [-0.4, -0.2) is 54.2 Å². The molecule has 194 valence electrons. The van der Waals surface area contributed by atoms with Crippen LogP contribution in [0.1, 0.15) is 50.1 Å². The fourth-order valence-electron chi connectivity index (χ4n) is 5.02. The Hall–Kier alpha value is -3.18. The van der Waals surface area contributed by atoms with Gasteiger partial charge in [-0.05, 0) is 68.7 Å². The number of aromatic amines is 1. The average molecular weight is 523 g/mol. The molecule has 0 bridgehead atoms. The summed E-state index contributed by atoms with van der Waals surface area (Å²) in [5, 5.41) is 1.77. The van der Waals surface area contributed by atoms with Crippen molar-refractivity contribution in [2.45, 2.75) is 51.5 Å². The monoisotopic (exact) mass is 522 g/mol. The smallest absolute Gasteiger partial charge is 0.411 e. The van der Waals surface area contributed by atoms with E-state index in [2.05, 4.69) is 16.8 Å². The summed E-state index contributed by atoms with van der Waals surface area (Å²) in [7, 11) is 0. The highest BCUT2D eigenvalue weighted by atomic mass is 35.5. The molecule has 1 fully saturated rings. The van der Waals surface area contributed by atoms with Gasteiger partial charge in [0.15, 0.2) is 12.4 Å². The number of amides is 1. The van der Waals surface area contributed by atoms with E-state index >= 15 is 0 Å².